The molecule has 4 rings (SSSR count). The van der Waals surface area contributed by atoms with Crippen molar-refractivity contribution in [3.63, 3.8) is 0 Å². The molecule has 0 spiro atoms. The molecule has 2 heterocycles. The van der Waals surface area contributed by atoms with E-state index in [2.05, 4.69) is 0 Å². The first-order chi connectivity index (χ1) is 15.3. The molecule has 0 fully saturated rings. The Kier molecular flexibility index (Phi) is 5.88. The van der Waals surface area contributed by atoms with Gasteiger partial charge >= 0.3 is 5.97 Å². The number of likely N-dealkylation sites (N-methyl/N-ethyl adjacent to an activating group) is 1. The Balaban J connectivity index is 1.77. The molecule has 0 amide bonds. The van der Waals surface area contributed by atoms with Crippen LogP contribution in [0.1, 0.15) is 27.0 Å². The molecule has 0 N–H and O–H groups in total. The predicted octanol–water partition coefficient (Wildman–Crippen LogP) is 3.13. The van der Waals surface area contributed by atoms with Gasteiger partial charge in [0.2, 0.25) is 12.5 Å². The minimum absolute atomic E-state index is 0.0171. The predicted molar refractivity (Wildman–Crippen MR) is 114 cm³/mol. The van der Waals surface area contributed by atoms with Gasteiger partial charge in [-0.2, -0.15) is 0 Å². The van der Waals surface area contributed by atoms with Crippen molar-refractivity contribution in [2.75, 3.05) is 41.1 Å². The highest BCUT2D eigenvalue weighted by Crippen LogP contribution is 2.50. The summed E-state index contributed by atoms with van der Waals surface area (Å²) in [4.78, 5) is 25.2. The summed E-state index contributed by atoms with van der Waals surface area (Å²) in [7, 11) is 4.88. The number of halogens is 1. The smallest absolute Gasteiger partial charge is 0.361 e. The summed E-state index contributed by atoms with van der Waals surface area (Å²) < 4.78 is 35.7. The monoisotopic (exact) mass is 442 g/mol. The molecule has 0 aromatic heterocycles. The van der Waals surface area contributed by atoms with Crippen LogP contribution in [0, 0.1) is 5.82 Å². The standard InChI is InChI=1S/C24H25FNO6/c1-26(13-20(28)29-2)10-9-17-18(12-26)22(30-3)24-23(31-14-32-24)21(17)19(27)8-7-15-5-4-6-16(25)11-15/h4-8,11H,9-10,12-14H2,1-3H3/q+1/b8-7+/t26-/m1/s1. The van der Waals surface area contributed by atoms with Crippen molar-refractivity contribution in [1.29, 1.82) is 0 Å². The van der Waals surface area contributed by atoms with E-state index in [4.69, 9.17) is 18.9 Å². The van der Waals surface area contributed by atoms with E-state index < -0.39 is 0 Å². The first-order valence-corrected chi connectivity index (χ1v) is 10.2. The number of hydrogen-bond acceptors (Lipinski definition) is 6. The molecule has 2 aromatic carbocycles. The third-order valence-corrected chi connectivity index (χ3v) is 5.89. The van der Waals surface area contributed by atoms with Crippen molar-refractivity contribution >= 4 is 17.8 Å². The van der Waals surface area contributed by atoms with Gasteiger partial charge in [-0.1, -0.05) is 18.2 Å². The molecule has 32 heavy (non-hydrogen) atoms. The molecular weight excluding hydrogens is 417 g/mol. The van der Waals surface area contributed by atoms with Crippen molar-refractivity contribution in [3.8, 4) is 17.2 Å². The van der Waals surface area contributed by atoms with E-state index in [0.29, 0.717) is 52.4 Å². The van der Waals surface area contributed by atoms with Gasteiger partial charge in [-0.25, -0.2) is 9.18 Å². The third kappa shape index (κ3) is 4.05. The zero-order valence-corrected chi connectivity index (χ0v) is 18.3. The van der Waals surface area contributed by atoms with E-state index >= 15 is 0 Å². The van der Waals surface area contributed by atoms with Crippen molar-refractivity contribution in [1.82, 2.24) is 0 Å². The zero-order valence-electron chi connectivity index (χ0n) is 18.3. The lowest BCUT2D eigenvalue weighted by Crippen LogP contribution is -2.51. The van der Waals surface area contributed by atoms with Crippen LogP contribution in [0.4, 0.5) is 4.39 Å². The van der Waals surface area contributed by atoms with Gasteiger partial charge in [0.25, 0.3) is 0 Å². The Bertz CT molecular complexity index is 1110. The minimum atomic E-state index is -0.373. The first kappa shape index (κ1) is 21.8. The maximum absolute atomic E-state index is 13.5. The molecule has 0 unspecified atom stereocenters. The Labute approximate surface area is 185 Å². The molecule has 1 atom stereocenters. The number of rotatable bonds is 6. The van der Waals surface area contributed by atoms with Crippen molar-refractivity contribution in [2.45, 2.75) is 13.0 Å². The van der Waals surface area contributed by atoms with Crippen LogP contribution in [-0.4, -0.2) is 57.4 Å². The zero-order chi connectivity index (χ0) is 22.9. The SMILES string of the molecule is COC(=O)C[N@+]1(C)CCc2c(c(OC)c3c(c2C(=O)/C=C/c2cccc(F)c2)OCO3)C1. The summed E-state index contributed by atoms with van der Waals surface area (Å²) >= 11 is 0. The fraction of sp³-hybridized carbons (Fsp3) is 0.333. The number of methoxy groups -OCH3 is 2. The van der Waals surface area contributed by atoms with Gasteiger partial charge in [0, 0.05) is 6.42 Å². The second-order valence-electron chi connectivity index (χ2n) is 8.17. The number of ketones is 1. The average Bonchev–Trinajstić information content (AvgIpc) is 3.24. The van der Waals surface area contributed by atoms with Crippen molar-refractivity contribution in [2.24, 2.45) is 0 Å². The van der Waals surface area contributed by atoms with E-state index in [1.165, 1.54) is 25.3 Å². The van der Waals surface area contributed by atoms with Crippen LogP contribution in [0.3, 0.4) is 0 Å². The van der Waals surface area contributed by atoms with Gasteiger partial charge in [-0.05, 0) is 29.3 Å². The van der Waals surface area contributed by atoms with E-state index in [1.54, 1.807) is 25.3 Å². The number of carbonyl (C=O) groups is 2. The lowest BCUT2D eigenvalue weighted by molar-refractivity contribution is -0.917. The van der Waals surface area contributed by atoms with Gasteiger partial charge < -0.3 is 23.4 Å². The molecule has 168 valence electrons. The Hall–Kier alpha value is -3.39. The van der Waals surface area contributed by atoms with Gasteiger partial charge in [-0.3, -0.25) is 4.79 Å². The molecular formula is C24H25FNO6+. The molecule has 0 radical (unpaired) electrons. The highest BCUT2D eigenvalue weighted by Gasteiger charge is 2.40. The number of allylic oxidation sites excluding steroid dienone is 1. The number of ether oxygens (including phenoxy) is 4. The fourth-order valence-corrected chi connectivity index (χ4v) is 4.33. The molecule has 2 aromatic rings. The summed E-state index contributed by atoms with van der Waals surface area (Å²) in [5.41, 5.74) is 2.64. The second kappa shape index (κ2) is 8.63. The first-order valence-electron chi connectivity index (χ1n) is 10.2. The molecule has 2 aliphatic rings. The summed E-state index contributed by atoms with van der Waals surface area (Å²) in [6.45, 7) is 1.30. The molecule has 2 aliphatic heterocycles. The van der Waals surface area contributed by atoms with Gasteiger partial charge in [0.15, 0.2) is 23.8 Å². The van der Waals surface area contributed by atoms with Crippen LogP contribution in [0.15, 0.2) is 30.3 Å². The fourth-order valence-electron chi connectivity index (χ4n) is 4.33. The molecule has 0 saturated heterocycles. The largest absolute Gasteiger partial charge is 0.492 e. The highest BCUT2D eigenvalue weighted by molar-refractivity contribution is 6.11. The van der Waals surface area contributed by atoms with Crippen molar-refractivity contribution < 1.29 is 37.4 Å². The topological polar surface area (TPSA) is 71.1 Å². The van der Waals surface area contributed by atoms with Crippen LogP contribution >= 0.6 is 0 Å². The lowest BCUT2D eigenvalue weighted by Gasteiger charge is -2.38. The second-order valence-corrected chi connectivity index (χ2v) is 8.17. The minimum Gasteiger partial charge on any atom is -0.492 e. The molecule has 0 bridgehead atoms. The van der Waals surface area contributed by atoms with E-state index in [9.17, 15) is 14.0 Å². The summed E-state index contributed by atoms with van der Waals surface area (Å²) in [6, 6.07) is 6.01. The Morgan fingerprint density at radius 3 is 2.69 bits per heavy atom. The van der Waals surface area contributed by atoms with E-state index in [0.717, 1.165) is 11.1 Å². The number of benzene rings is 2. The van der Waals surface area contributed by atoms with Gasteiger partial charge in [0.05, 0.1) is 38.9 Å². The quantitative estimate of drug-likeness (QED) is 0.296. The van der Waals surface area contributed by atoms with Crippen molar-refractivity contribution in [3.05, 3.63) is 58.4 Å². The number of esters is 1. The summed E-state index contributed by atoms with van der Waals surface area (Å²) in [5, 5.41) is 0. The van der Waals surface area contributed by atoms with Gasteiger partial charge in [-0.15, -0.1) is 0 Å². The summed E-state index contributed by atoms with van der Waals surface area (Å²) in [5.74, 6) is 0.330. The number of quaternary nitrogens is 1. The van der Waals surface area contributed by atoms with Crippen LogP contribution in [0.2, 0.25) is 0 Å². The Morgan fingerprint density at radius 2 is 1.97 bits per heavy atom. The van der Waals surface area contributed by atoms with Crippen LogP contribution in [0.5, 0.6) is 17.2 Å². The maximum atomic E-state index is 13.5. The number of fused-ring (bicyclic) bond motifs is 2. The Morgan fingerprint density at radius 1 is 1.19 bits per heavy atom. The van der Waals surface area contributed by atoms with E-state index in [-0.39, 0.29) is 30.9 Å². The average molecular weight is 442 g/mol. The number of carbonyl (C=O) groups excluding carboxylic acids is 2. The third-order valence-electron chi connectivity index (χ3n) is 5.89. The molecule has 0 saturated carbocycles. The maximum Gasteiger partial charge on any atom is 0.361 e. The molecule has 0 aliphatic carbocycles. The van der Waals surface area contributed by atoms with E-state index in [1.807, 2.05) is 7.05 Å². The molecule has 8 heteroatoms. The van der Waals surface area contributed by atoms with Crippen LogP contribution < -0.4 is 14.2 Å². The highest BCUT2D eigenvalue weighted by atomic mass is 19.1. The molecule has 7 nitrogen and oxygen atoms in total. The van der Waals surface area contributed by atoms with Crippen LogP contribution in [0.25, 0.3) is 6.08 Å². The lowest BCUT2D eigenvalue weighted by atomic mass is 9.89. The normalized spacial score (nSPS) is 19.0. The van der Waals surface area contributed by atoms with Gasteiger partial charge in [0.1, 0.15) is 12.4 Å². The summed E-state index contributed by atoms with van der Waals surface area (Å²) in [6.07, 6.45) is 3.53. The number of hydrogen-bond donors (Lipinski definition) is 0. The number of nitrogens with zero attached hydrogens (tertiary/aromatic N) is 1. The van der Waals surface area contributed by atoms with Crippen LogP contribution in [-0.2, 0) is 22.5 Å².